The minimum absolute atomic E-state index is 0.00246. The van der Waals surface area contributed by atoms with Crippen LogP contribution in [0.15, 0.2) is 12.7 Å². The number of rotatable bonds is 11. The Hall–Kier alpha value is -1.48. The van der Waals surface area contributed by atoms with Gasteiger partial charge in [0, 0.05) is 32.3 Å². The third-order valence-corrected chi connectivity index (χ3v) is 8.41. The van der Waals surface area contributed by atoms with Crippen LogP contribution in [0.3, 0.4) is 0 Å². The number of nitrogens with zero attached hydrogens (tertiary/aromatic N) is 1. The molecular weight excluding hydrogens is 498 g/mol. The highest BCUT2D eigenvalue weighted by atomic mass is 16.6. The van der Waals surface area contributed by atoms with E-state index in [4.69, 9.17) is 23.7 Å². The predicted molar refractivity (Wildman–Crippen MR) is 150 cm³/mol. The van der Waals surface area contributed by atoms with Crippen LogP contribution in [0.4, 0.5) is 4.79 Å². The van der Waals surface area contributed by atoms with Gasteiger partial charge in [-0.1, -0.05) is 19.9 Å². The lowest BCUT2D eigenvalue weighted by Crippen LogP contribution is -2.46. The zero-order valence-corrected chi connectivity index (χ0v) is 25.6. The first-order valence-electron chi connectivity index (χ1n) is 14.9. The van der Waals surface area contributed by atoms with Gasteiger partial charge in [0.05, 0.1) is 43.2 Å². The molecule has 0 aliphatic carbocycles. The molecule has 8 nitrogen and oxygen atoms in total. The van der Waals surface area contributed by atoms with Gasteiger partial charge in [-0.05, 0) is 72.6 Å². The minimum atomic E-state index is -0.792. The predicted octanol–water partition coefficient (Wildman–Crippen LogP) is 6.06. The van der Waals surface area contributed by atoms with Crippen LogP contribution < -0.4 is 0 Å². The average Bonchev–Trinajstić information content (AvgIpc) is 3.32. The molecule has 3 aliphatic heterocycles. The second-order valence-electron chi connectivity index (χ2n) is 13.2. The van der Waals surface area contributed by atoms with E-state index < -0.39 is 11.3 Å². The van der Waals surface area contributed by atoms with Crippen LogP contribution in [0.5, 0.6) is 0 Å². The maximum atomic E-state index is 13.3. The van der Waals surface area contributed by atoms with Crippen molar-refractivity contribution in [2.24, 2.45) is 11.8 Å². The van der Waals surface area contributed by atoms with Crippen LogP contribution >= 0.6 is 0 Å². The van der Waals surface area contributed by atoms with Gasteiger partial charge in [0.1, 0.15) is 17.1 Å². The third-order valence-electron chi connectivity index (χ3n) is 8.41. The molecule has 3 heterocycles. The van der Waals surface area contributed by atoms with E-state index in [9.17, 15) is 9.59 Å². The molecule has 0 aromatic carbocycles. The zero-order chi connectivity index (χ0) is 29.0. The summed E-state index contributed by atoms with van der Waals surface area (Å²) in [5.74, 6) is 0.701. The lowest BCUT2D eigenvalue weighted by molar-refractivity contribution is -0.130. The maximum Gasteiger partial charge on any atom is 0.412 e. The molecule has 3 fully saturated rings. The molecule has 8 atom stereocenters. The number of carbonyl (C=O) groups is 2. The molecule has 0 radical (unpaired) electrons. The van der Waals surface area contributed by atoms with Crippen molar-refractivity contribution in [3.05, 3.63) is 12.7 Å². The molecule has 8 heteroatoms. The second-order valence-corrected chi connectivity index (χ2v) is 13.2. The van der Waals surface area contributed by atoms with E-state index in [-0.39, 0.29) is 54.4 Å². The first kappa shape index (κ1) is 32.0. The van der Waals surface area contributed by atoms with Crippen molar-refractivity contribution in [3.63, 3.8) is 0 Å². The lowest BCUT2D eigenvalue weighted by atomic mass is 9.85. The maximum absolute atomic E-state index is 13.3. The quantitative estimate of drug-likeness (QED) is 0.289. The largest absolute Gasteiger partial charge is 0.444 e. The van der Waals surface area contributed by atoms with Crippen molar-refractivity contribution in [1.29, 1.82) is 0 Å². The van der Waals surface area contributed by atoms with Crippen LogP contribution in [0, 0.1) is 11.8 Å². The van der Waals surface area contributed by atoms with Crippen molar-refractivity contribution >= 4 is 11.9 Å². The minimum Gasteiger partial charge on any atom is -0.444 e. The van der Waals surface area contributed by atoms with E-state index in [2.05, 4.69) is 20.4 Å². The normalized spacial score (nSPS) is 34.7. The highest BCUT2D eigenvalue weighted by molar-refractivity contribution is 5.79. The first-order chi connectivity index (χ1) is 18.3. The number of carbonyl (C=O) groups excluding carboxylic acids is 2. The molecule has 39 heavy (non-hydrogen) atoms. The molecule has 0 bridgehead atoms. The summed E-state index contributed by atoms with van der Waals surface area (Å²) >= 11 is 0. The van der Waals surface area contributed by atoms with Gasteiger partial charge in [-0.25, -0.2) is 4.79 Å². The van der Waals surface area contributed by atoms with E-state index in [1.54, 1.807) is 12.0 Å². The Labute approximate surface area is 236 Å². The Kier molecular flexibility index (Phi) is 11.1. The number of methoxy groups -OCH3 is 1. The number of ether oxygens (including phenoxy) is 5. The lowest BCUT2D eigenvalue weighted by Gasteiger charge is -2.34. The van der Waals surface area contributed by atoms with Crippen molar-refractivity contribution in [3.8, 4) is 0 Å². The Morgan fingerprint density at radius 2 is 1.79 bits per heavy atom. The van der Waals surface area contributed by atoms with Gasteiger partial charge in [-0.2, -0.15) is 0 Å². The van der Waals surface area contributed by atoms with Gasteiger partial charge in [0.15, 0.2) is 0 Å². The molecule has 224 valence electrons. The topological polar surface area (TPSA) is 83.5 Å². The number of allylic oxidation sites excluding steroid dienone is 1. The first-order valence-corrected chi connectivity index (χ1v) is 14.9. The molecular formula is C31H53NO7. The molecule has 0 saturated carbocycles. The Morgan fingerprint density at radius 1 is 1.08 bits per heavy atom. The van der Waals surface area contributed by atoms with Crippen LogP contribution in [-0.2, 0) is 28.5 Å². The number of Topliss-reactive ketones (excluding diaryl/α,β-unsaturated/α-hetero) is 1. The summed E-state index contributed by atoms with van der Waals surface area (Å²) < 4.78 is 30.7. The highest BCUT2D eigenvalue weighted by Gasteiger charge is 2.50. The van der Waals surface area contributed by atoms with Crippen molar-refractivity contribution in [2.75, 3.05) is 13.7 Å². The third kappa shape index (κ3) is 8.51. The monoisotopic (exact) mass is 551 g/mol. The summed E-state index contributed by atoms with van der Waals surface area (Å²) in [5, 5.41) is 0. The summed E-state index contributed by atoms with van der Waals surface area (Å²) in [7, 11) is 1.69. The molecule has 8 unspecified atom stereocenters. The molecule has 0 aromatic heterocycles. The summed E-state index contributed by atoms with van der Waals surface area (Å²) in [5.41, 5.74) is -1.38. The van der Waals surface area contributed by atoms with E-state index in [0.29, 0.717) is 31.7 Å². The fraction of sp³-hybridized carbons (Fsp3) is 0.871. The van der Waals surface area contributed by atoms with Crippen molar-refractivity contribution in [2.45, 2.75) is 148 Å². The van der Waals surface area contributed by atoms with Gasteiger partial charge in [-0.3, -0.25) is 9.69 Å². The van der Waals surface area contributed by atoms with Crippen molar-refractivity contribution < 1.29 is 33.3 Å². The molecule has 1 amide bonds. The Bertz CT molecular complexity index is 837. The van der Waals surface area contributed by atoms with Gasteiger partial charge >= 0.3 is 6.09 Å². The van der Waals surface area contributed by atoms with Crippen LogP contribution in [0.25, 0.3) is 0 Å². The summed E-state index contributed by atoms with van der Waals surface area (Å²) in [6.07, 6.45) is 6.96. The SMILES string of the molecule is C=CCCC1OC(CC2CN(C(=O)OC(C)(C)C)C(C)(C)O2)C(OC)C1CC(=O)CC1CCC(C)C(CC)O1. The Balaban J connectivity index is 1.65. The molecule has 0 spiro atoms. The van der Waals surface area contributed by atoms with E-state index in [0.717, 1.165) is 32.1 Å². The molecule has 0 aromatic rings. The number of ketones is 1. The van der Waals surface area contributed by atoms with Crippen molar-refractivity contribution in [1.82, 2.24) is 4.90 Å². The van der Waals surface area contributed by atoms with Gasteiger partial charge < -0.3 is 23.7 Å². The molecule has 3 saturated heterocycles. The standard InChI is InChI=1S/C31H53NO7/c1-10-12-13-26-24(17-21(33)16-22-15-14-20(3)25(11-2)36-22)28(35-9)27(37-26)18-23-19-32(31(7,8)38-23)29(34)39-30(4,5)6/h10,20,22-28H,1,11-19H2,2-9H3. The van der Waals surface area contributed by atoms with Gasteiger partial charge in [0.25, 0.3) is 0 Å². The number of hydrogen-bond acceptors (Lipinski definition) is 7. The smallest absolute Gasteiger partial charge is 0.412 e. The van der Waals surface area contributed by atoms with E-state index >= 15 is 0 Å². The van der Waals surface area contributed by atoms with Crippen LogP contribution in [-0.4, -0.2) is 78.4 Å². The average molecular weight is 552 g/mol. The fourth-order valence-electron chi connectivity index (χ4n) is 6.48. The molecule has 0 N–H and O–H groups in total. The number of hydrogen-bond donors (Lipinski definition) is 0. The van der Waals surface area contributed by atoms with E-state index in [1.165, 1.54) is 0 Å². The van der Waals surface area contributed by atoms with Crippen LogP contribution in [0.2, 0.25) is 0 Å². The van der Waals surface area contributed by atoms with Gasteiger partial charge in [-0.15, -0.1) is 6.58 Å². The van der Waals surface area contributed by atoms with Gasteiger partial charge in [0.2, 0.25) is 0 Å². The Morgan fingerprint density at radius 3 is 2.41 bits per heavy atom. The molecule has 3 rings (SSSR count). The number of amides is 1. The zero-order valence-electron chi connectivity index (χ0n) is 25.6. The second kappa shape index (κ2) is 13.5. The summed E-state index contributed by atoms with van der Waals surface area (Å²) in [6.45, 7) is 18.0. The fourth-order valence-corrected chi connectivity index (χ4v) is 6.48. The van der Waals surface area contributed by atoms with Crippen LogP contribution in [0.1, 0.15) is 99.8 Å². The highest BCUT2D eigenvalue weighted by Crippen LogP contribution is 2.40. The summed E-state index contributed by atoms with van der Waals surface area (Å²) in [4.78, 5) is 27.8. The summed E-state index contributed by atoms with van der Waals surface area (Å²) in [6, 6.07) is 0. The van der Waals surface area contributed by atoms with E-state index in [1.807, 2.05) is 40.7 Å². The molecule has 3 aliphatic rings.